The number of hydrogen-bond donors (Lipinski definition) is 1. The first kappa shape index (κ1) is 19.1. The Hall–Kier alpha value is -2.22. The van der Waals surface area contributed by atoms with Gasteiger partial charge in [-0.3, -0.25) is 9.59 Å². The molecule has 0 spiro atoms. The molecule has 28 heavy (non-hydrogen) atoms. The summed E-state index contributed by atoms with van der Waals surface area (Å²) >= 11 is 1.38. The van der Waals surface area contributed by atoms with Crippen molar-refractivity contribution in [1.82, 2.24) is 20.1 Å². The van der Waals surface area contributed by atoms with Crippen LogP contribution in [0.5, 0.6) is 0 Å². The summed E-state index contributed by atoms with van der Waals surface area (Å²) in [7, 11) is 0. The molecule has 2 aliphatic carbocycles. The van der Waals surface area contributed by atoms with Crippen LogP contribution in [0.25, 0.3) is 0 Å². The summed E-state index contributed by atoms with van der Waals surface area (Å²) in [5.74, 6) is 1.10. The molecule has 0 radical (unpaired) electrons. The second-order valence-corrected chi connectivity index (χ2v) is 8.41. The molecular formula is C20H23FN4O2S. The van der Waals surface area contributed by atoms with Gasteiger partial charge in [-0.15, -0.1) is 10.2 Å². The zero-order valence-electron chi connectivity index (χ0n) is 15.8. The number of nitrogens with one attached hydrogen (secondary N) is 1. The zero-order chi connectivity index (χ0) is 19.7. The predicted octanol–water partition coefficient (Wildman–Crippen LogP) is 3.28. The normalized spacial score (nSPS) is 16.2. The summed E-state index contributed by atoms with van der Waals surface area (Å²) in [4.78, 5) is 23.4. The molecule has 0 atom stereocenters. The van der Waals surface area contributed by atoms with Gasteiger partial charge in [-0.2, -0.15) is 0 Å². The van der Waals surface area contributed by atoms with Crippen molar-refractivity contribution in [3.05, 3.63) is 41.0 Å². The van der Waals surface area contributed by atoms with Gasteiger partial charge in [-0.05, 0) is 43.7 Å². The van der Waals surface area contributed by atoms with E-state index in [4.69, 9.17) is 0 Å². The third-order valence-corrected chi connectivity index (χ3v) is 5.96. The van der Waals surface area contributed by atoms with Crippen molar-refractivity contribution in [1.29, 1.82) is 0 Å². The van der Waals surface area contributed by atoms with E-state index in [0.717, 1.165) is 23.8 Å². The number of nitrogens with zero attached hydrogens (tertiary/aromatic N) is 3. The van der Waals surface area contributed by atoms with Crippen molar-refractivity contribution in [3.63, 3.8) is 0 Å². The van der Waals surface area contributed by atoms with Crippen LogP contribution in [-0.4, -0.2) is 38.8 Å². The van der Waals surface area contributed by atoms with Crippen LogP contribution in [0.4, 0.5) is 4.39 Å². The van der Waals surface area contributed by atoms with Crippen molar-refractivity contribution < 1.29 is 14.0 Å². The number of thioether (sulfide) groups is 1. The molecule has 0 saturated heterocycles. The number of ketones is 1. The molecule has 0 unspecified atom stereocenters. The van der Waals surface area contributed by atoms with Gasteiger partial charge < -0.3 is 9.88 Å². The van der Waals surface area contributed by atoms with Crippen molar-refractivity contribution in [2.24, 2.45) is 0 Å². The number of carbonyl (C=O) groups is 2. The van der Waals surface area contributed by atoms with Crippen LogP contribution in [0.15, 0.2) is 23.4 Å². The average molecular weight is 402 g/mol. The zero-order valence-corrected chi connectivity index (χ0v) is 16.6. The maximum Gasteiger partial charge on any atom is 0.216 e. The summed E-state index contributed by atoms with van der Waals surface area (Å²) in [6, 6.07) is 5.03. The van der Waals surface area contributed by atoms with Crippen LogP contribution in [0, 0.1) is 5.82 Å². The van der Waals surface area contributed by atoms with Gasteiger partial charge in [0.1, 0.15) is 11.6 Å². The van der Waals surface area contributed by atoms with Crippen LogP contribution >= 0.6 is 11.8 Å². The van der Waals surface area contributed by atoms with Gasteiger partial charge in [0.05, 0.1) is 5.75 Å². The van der Waals surface area contributed by atoms with Crippen molar-refractivity contribution in [2.45, 2.75) is 56.1 Å². The van der Waals surface area contributed by atoms with Gasteiger partial charge in [-0.25, -0.2) is 4.39 Å². The Labute approximate surface area is 167 Å². The van der Waals surface area contributed by atoms with Crippen molar-refractivity contribution in [3.8, 4) is 0 Å². The van der Waals surface area contributed by atoms with E-state index in [1.807, 2.05) is 0 Å². The molecular weight excluding hydrogens is 379 g/mol. The summed E-state index contributed by atoms with van der Waals surface area (Å²) < 4.78 is 16.5. The molecule has 6 nitrogen and oxygen atoms in total. The van der Waals surface area contributed by atoms with E-state index in [2.05, 4.69) is 20.1 Å². The summed E-state index contributed by atoms with van der Waals surface area (Å²) in [6.45, 7) is 1.79. The lowest BCUT2D eigenvalue weighted by atomic mass is 10.1. The van der Waals surface area contributed by atoms with E-state index in [9.17, 15) is 14.0 Å². The lowest BCUT2D eigenvalue weighted by Gasteiger charge is -2.08. The van der Waals surface area contributed by atoms with E-state index in [-0.39, 0.29) is 17.4 Å². The maximum atomic E-state index is 14.3. The molecule has 2 aromatic rings. The SMILES string of the molecule is CC(=O)NCCc1ccc(C(=O)CSc2nnc(C3CC3)n2C2CC2)cc1F. The quantitative estimate of drug-likeness (QED) is 0.515. The maximum absolute atomic E-state index is 14.3. The van der Waals surface area contributed by atoms with Crippen LogP contribution < -0.4 is 5.32 Å². The Balaban J connectivity index is 1.38. The van der Waals surface area contributed by atoms with Crippen LogP contribution in [0.2, 0.25) is 0 Å². The molecule has 1 aromatic carbocycles. The summed E-state index contributed by atoms with van der Waals surface area (Å²) in [5.41, 5.74) is 0.841. The number of carbonyl (C=O) groups excluding carboxylic acids is 2. The van der Waals surface area contributed by atoms with Crippen LogP contribution in [0.3, 0.4) is 0 Å². The fraction of sp³-hybridized carbons (Fsp3) is 0.500. The second-order valence-electron chi connectivity index (χ2n) is 7.47. The van der Waals surface area contributed by atoms with Gasteiger partial charge in [0.2, 0.25) is 5.91 Å². The number of hydrogen-bond acceptors (Lipinski definition) is 5. The van der Waals surface area contributed by atoms with Gasteiger partial charge in [-0.1, -0.05) is 23.9 Å². The molecule has 0 bridgehead atoms. The molecule has 2 fully saturated rings. The van der Waals surface area contributed by atoms with E-state index in [1.54, 1.807) is 12.1 Å². The Bertz CT molecular complexity index is 906. The monoisotopic (exact) mass is 402 g/mol. The standard InChI is InChI=1S/C20H23FN4O2S/c1-12(26)22-9-8-13-2-5-15(10-17(13)21)18(27)11-28-20-24-23-19(14-3-4-14)25(20)16-6-7-16/h2,5,10,14,16H,3-4,6-9,11H2,1H3,(H,22,26). The van der Waals surface area contributed by atoms with E-state index < -0.39 is 5.82 Å². The number of amides is 1. The highest BCUT2D eigenvalue weighted by atomic mass is 32.2. The number of aromatic nitrogens is 3. The molecule has 8 heteroatoms. The fourth-order valence-corrected chi connectivity index (χ4v) is 4.10. The van der Waals surface area contributed by atoms with E-state index in [1.165, 1.54) is 37.6 Å². The van der Waals surface area contributed by atoms with Gasteiger partial charge >= 0.3 is 0 Å². The molecule has 2 saturated carbocycles. The minimum Gasteiger partial charge on any atom is -0.356 e. The van der Waals surface area contributed by atoms with Gasteiger partial charge in [0, 0.05) is 31.0 Å². The topological polar surface area (TPSA) is 76.9 Å². The molecule has 2 aliphatic rings. The molecule has 1 amide bonds. The highest BCUT2D eigenvalue weighted by Gasteiger charge is 2.36. The highest BCUT2D eigenvalue weighted by Crippen LogP contribution is 2.46. The molecule has 1 N–H and O–H groups in total. The lowest BCUT2D eigenvalue weighted by Crippen LogP contribution is -2.22. The van der Waals surface area contributed by atoms with Crippen molar-refractivity contribution >= 4 is 23.5 Å². The number of halogens is 1. The van der Waals surface area contributed by atoms with E-state index >= 15 is 0 Å². The second kappa shape index (κ2) is 8.03. The predicted molar refractivity (Wildman–Crippen MR) is 104 cm³/mol. The van der Waals surface area contributed by atoms with Gasteiger partial charge in [0.15, 0.2) is 10.9 Å². The first-order chi connectivity index (χ1) is 13.5. The Morgan fingerprint density at radius 3 is 2.68 bits per heavy atom. The third-order valence-electron chi connectivity index (χ3n) is 5.02. The number of rotatable bonds is 9. The number of Topliss-reactive ketones (excluding diaryl/α,β-unsaturated/α-hetero) is 1. The largest absolute Gasteiger partial charge is 0.356 e. The smallest absolute Gasteiger partial charge is 0.216 e. The summed E-state index contributed by atoms with van der Waals surface area (Å²) in [6.07, 6.45) is 5.02. The fourth-order valence-electron chi connectivity index (χ4n) is 3.19. The third kappa shape index (κ3) is 4.43. The summed E-state index contributed by atoms with van der Waals surface area (Å²) in [5, 5.41) is 12.1. The minimum atomic E-state index is -0.418. The molecule has 1 heterocycles. The van der Waals surface area contributed by atoms with E-state index in [0.29, 0.717) is 36.1 Å². The van der Waals surface area contributed by atoms with Crippen LogP contribution in [0.1, 0.15) is 66.3 Å². The molecule has 4 rings (SSSR count). The Morgan fingerprint density at radius 2 is 2.04 bits per heavy atom. The Morgan fingerprint density at radius 1 is 1.25 bits per heavy atom. The lowest BCUT2D eigenvalue weighted by molar-refractivity contribution is -0.118. The Kier molecular flexibility index (Phi) is 5.48. The average Bonchev–Trinajstić information content (AvgIpc) is 3.59. The highest BCUT2D eigenvalue weighted by molar-refractivity contribution is 7.99. The molecule has 0 aliphatic heterocycles. The molecule has 1 aromatic heterocycles. The van der Waals surface area contributed by atoms with Gasteiger partial charge in [0.25, 0.3) is 0 Å². The first-order valence-electron chi connectivity index (χ1n) is 9.66. The first-order valence-corrected chi connectivity index (χ1v) is 10.6. The van der Waals surface area contributed by atoms with Crippen molar-refractivity contribution in [2.75, 3.05) is 12.3 Å². The van der Waals surface area contributed by atoms with Crippen LogP contribution in [-0.2, 0) is 11.2 Å². The molecule has 148 valence electrons. The number of benzene rings is 1. The minimum absolute atomic E-state index is 0.129.